The zero-order chi connectivity index (χ0) is 10.7. The Bertz CT molecular complexity index is 338. The van der Waals surface area contributed by atoms with E-state index in [0.717, 1.165) is 6.42 Å². The van der Waals surface area contributed by atoms with Gasteiger partial charge in [0.1, 0.15) is 0 Å². The Balaban J connectivity index is 2.26. The van der Waals surface area contributed by atoms with Gasteiger partial charge in [-0.15, -0.1) is 0 Å². The standard InChI is InChI=1S/C12H16N2O/c1-2-12(9-13-11(15)8-14-12)10-6-4-3-5-7-10/h3-7,14H,2,8-9H2,1H3,(H,13,15). The Kier molecular flexibility index (Phi) is 2.73. The first-order chi connectivity index (χ1) is 7.27. The van der Waals surface area contributed by atoms with Gasteiger partial charge >= 0.3 is 0 Å². The van der Waals surface area contributed by atoms with E-state index in [2.05, 4.69) is 29.7 Å². The highest BCUT2D eigenvalue weighted by Gasteiger charge is 2.33. The van der Waals surface area contributed by atoms with Gasteiger partial charge < -0.3 is 5.32 Å². The molecule has 1 aliphatic rings. The van der Waals surface area contributed by atoms with Gasteiger partial charge in [-0.3, -0.25) is 10.1 Å². The van der Waals surface area contributed by atoms with E-state index in [1.54, 1.807) is 0 Å². The lowest BCUT2D eigenvalue weighted by molar-refractivity contribution is -0.122. The largest absolute Gasteiger partial charge is 0.353 e. The topological polar surface area (TPSA) is 41.1 Å². The van der Waals surface area contributed by atoms with Crippen molar-refractivity contribution in [3.63, 3.8) is 0 Å². The third-order valence-electron chi connectivity index (χ3n) is 3.10. The molecule has 1 fully saturated rings. The van der Waals surface area contributed by atoms with Crippen molar-refractivity contribution < 1.29 is 4.79 Å². The van der Waals surface area contributed by atoms with E-state index < -0.39 is 0 Å². The minimum atomic E-state index is -0.0881. The molecule has 1 amide bonds. The monoisotopic (exact) mass is 204 g/mol. The summed E-state index contributed by atoms with van der Waals surface area (Å²) in [6.07, 6.45) is 0.970. The molecule has 0 aromatic heterocycles. The third-order valence-corrected chi connectivity index (χ3v) is 3.10. The molecule has 80 valence electrons. The first kappa shape index (κ1) is 10.2. The minimum absolute atomic E-state index is 0.0787. The lowest BCUT2D eigenvalue weighted by Gasteiger charge is -2.38. The number of nitrogens with one attached hydrogen (secondary N) is 2. The summed E-state index contributed by atoms with van der Waals surface area (Å²) in [7, 11) is 0. The second-order valence-electron chi connectivity index (χ2n) is 3.93. The fourth-order valence-electron chi connectivity index (χ4n) is 2.04. The highest BCUT2D eigenvalue weighted by atomic mass is 16.2. The molecule has 3 heteroatoms. The predicted octanol–water partition coefficient (Wildman–Crippen LogP) is 1.01. The Morgan fingerprint density at radius 1 is 1.33 bits per heavy atom. The van der Waals surface area contributed by atoms with Crippen LogP contribution in [0.3, 0.4) is 0 Å². The summed E-state index contributed by atoms with van der Waals surface area (Å²) in [5.41, 5.74) is 1.15. The van der Waals surface area contributed by atoms with Gasteiger partial charge in [-0.2, -0.15) is 0 Å². The van der Waals surface area contributed by atoms with Crippen LogP contribution in [0, 0.1) is 0 Å². The van der Waals surface area contributed by atoms with Crippen molar-refractivity contribution in [2.24, 2.45) is 0 Å². The van der Waals surface area contributed by atoms with Crippen molar-refractivity contribution in [2.75, 3.05) is 13.1 Å². The minimum Gasteiger partial charge on any atom is -0.353 e. The van der Waals surface area contributed by atoms with Gasteiger partial charge in [0.2, 0.25) is 5.91 Å². The average molecular weight is 204 g/mol. The second kappa shape index (κ2) is 4.03. The Morgan fingerprint density at radius 3 is 2.60 bits per heavy atom. The fourth-order valence-corrected chi connectivity index (χ4v) is 2.04. The Morgan fingerprint density at radius 2 is 2.07 bits per heavy atom. The smallest absolute Gasteiger partial charge is 0.234 e. The first-order valence-corrected chi connectivity index (χ1v) is 5.34. The third kappa shape index (κ3) is 1.88. The molecule has 0 saturated carbocycles. The molecule has 0 radical (unpaired) electrons. The SMILES string of the molecule is CCC1(c2ccccc2)CNC(=O)CN1. The molecule has 1 atom stereocenters. The summed E-state index contributed by atoms with van der Waals surface area (Å²) in [4.78, 5) is 11.1. The van der Waals surface area contributed by atoms with Gasteiger partial charge in [-0.25, -0.2) is 0 Å². The van der Waals surface area contributed by atoms with Gasteiger partial charge in [-0.1, -0.05) is 37.3 Å². The van der Waals surface area contributed by atoms with Gasteiger partial charge in [0.05, 0.1) is 12.1 Å². The molecule has 2 N–H and O–H groups in total. The summed E-state index contributed by atoms with van der Waals surface area (Å²) >= 11 is 0. The molecule has 1 aromatic rings. The molecule has 0 bridgehead atoms. The number of hydrogen-bond donors (Lipinski definition) is 2. The van der Waals surface area contributed by atoms with E-state index in [1.807, 2.05) is 18.2 Å². The molecule has 3 nitrogen and oxygen atoms in total. The highest BCUT2D eigenvalue weighted by Crippen LogP contribution is 2.25. The molecule has 2 rings (SSSR count). The zero-order valence-corrected chi connectivity index (χ0v) is 8.92. The second-order valence-corrected chi connectivity index (χ2v) is 3.93. The fraction of sp³-hybridized carbons (Fsp3) is 0.417. The lowest BCUT2D eigenvalue weighted by atomic mass is 9.86. The van der Waals surface area contributed by atoms with Crippen LogP contribution in [0.25, 0.3) is 0 Å². The Hall–Kier alpha value is -1.35. The zero-order valence-electron chi connectivity index (χ0n) is 8.92. The maximum atomic E-state index is 11.1. The molecular weight excluding hydrogens is 188 g/mol. The number of amides is 1. The van der Waals surface area contributed by atoms with E-state index in [1.165, 1.54) is 5.56 Å². The number of rotatable bonds is 2. The average Bonchev–Trinajstić information content (AvgIpc) is 2.32. The quantitative estimate of drug-likeness (QED) is 0.755. The molecule has 1 unspecified atom stereocenters. The van der Waals surface area contributed by atoms with Crippen molar-refractivity contribution in [1.82, 2.24) is 10.6 Å². The summed E-state index contributed by atoms with van der Waals surface area (Å²) in [6.45, 7) is 3.21. The molecule has 0 spiro atoms. The van der Waals surface area contributed by atoms with Gasteiger partial charge in [0, 0.05) is 6.54 Å². The van der Waals surface area contributed by atoms with Crippen molar-refractivity contribution in [3.8, 4) is 0 Å². The number of benzene rings is 1. The van der Waals surface area contributed by atoms with Crippen LogP contribution in [-0.2, 0) is 10.3 Å². The molecular formula is C12H16N2O. The molecule has 1 heterocycles. The maximum Gasteiger partial charge on any atom is 0.234 e. The first-order valence-electron chi connectivity index (χ1n) is 5.34. The van der Waals surface area contributed by atoms with Crippen molar-refractivity contribution in [3.05, 3.63) is 35.9 Å². The predicted molar refractivity (Wildman–Crippen MR) is 59.4 cm³/mol. The van der Waals surface area contributed by atoms with Crippen molar-refractivity contribution >= 4 is 5.91 Å². The summed E-state index contributed by atoms with van der Waals surface area (Å²) in [6, 6.07) is 10.3. The molecule has 1 aliphatic heterocycles. The van der Waals surface area contributed by atoms with Crippen LogP contribution >= 0.6 is 0 Å². The van der Waals surface area contributed by atoms with Crippen LogP contribution in [-0.4, -0.2) is 19.0 Å². The number of carbonyl (C=O) groups excluding carboxylic acids is 1. The number of carbonyl (C=O) groups is 1. The molecule has 1 saturated heterocycles. The molecule has 1 aromatic carbocycles. The van der Waals surface area contributed by atoms with Crippen LogP contribution in [0.5, 0.6) is 0 Å². The molecule has 15 heavy (non-hydrogen) atoms. The highest BCUT2D eigenvalue weighted by molar-refractivity contribution is 5.79. The van der Waals surface area contributed by atoms with Crippen LogP contribution in [0.1, 0.15) is 18.9 Å². The van der Waals surface area contributed by atoms with Crippen LogP contribution in [0.2, 0.25) is 0 Å². The van der Waals surface area contributed by atoms with Crippen molar-refractivity contribution in [2.45, 2.75) is 18.9 Å². The summed E-state index contributed by atoms with van der Waals surface area (Å²) < 4.78 is 0. The van der Waals surface area contributed by atoms with E-state index in [9.17, 15) is 4.79 Å². The van der Waals surface area contributed by atoms with E-state index >= 15 is 0 Å². The van der Waals surface area contributed by atoms with E-state index in [4.69, 9.17) is 0 Å². The van der Waals surface area contributed by atoms with Crippen LogP contribution in [0.4, 0.5) is 0 Å². The summed E-state index contributed by atoms with van der Waals surface area (Å²) in [5, 5.41) is 6.26. The van der Waals surface area contributed by atoms with Crippen LogP contribution < -0.4 is 10.6 Å². The van der Waals surface area contributed by atoms with Gasteiger partial charge in [0.15, 0.2) is 0 Å². The van der Waals surface area contributed by atoms with Crippen LogP contribution in [0.15, 0.2) is 30.3 Å². The lowest BCUT2D eigenvalue weighted by Crippen LogP contribution is -2.58. The van der Waals surface area contributed by atoms with E-state index in [0.29, 0.717) is 13.1 Å². The normalized spacial score (nSPS) is 26.1. The number of hydrogen-bond acceptors (Lipinski definition) is 2. The molecule has 0 aliphatic carbocycles. The van der Waals surface area contributed by atoms with Gasteiger partial charge in [0.25, 0.3) is 0 Å². The maximum absolute atomic E-state index is 11.1. The Labute approximate surface area is 89.9 Å². The number of piperazine rings is 1. The van der Waals surface area contributed by atoms with E-state index in [-0.39, 0.29) is 11.4 Å². The summed E-state index contributed by atoms with van der Waals surface area (Å²) in [5.74, 6) is 0.0787. The van der Waals surface area contributed by atoms with Crippen molar-refractivity contribution in [1.29, 1.82) is 0 Å². The van der Waals surface area contributed by atoms with Gasteiger partial charge in [-0.05, 0) is 12.0 Å².